The van der Waals surface area contributed by atoms with Gasteiger partial charge < -0.3 is 9.67 Å². The van der Waals surface area contributed by atoms with Gasteiger partial charge >= 0.3 is 5.97 Å². The molecule has 19 heavy (non-hydrogen) atoms. The lowest BCUT2D eigenvalue weighted by Crippen LogP contribution is -2.05. The molecule has 3 nitrogen and oxygen atoms in total. The van der Waals surface area contributed by atoms with Gasteiger partial charge in [0.2, 0.25) is 0 Å². The Morgan fingerprint density at radius 2 is 2.00 bits per heavy atom. The van der Waals surface area contributed by atoms with Crippen LogP contribution in [0.25, 0.3) is 5.69 Å². The predicted octanol–water partition coefficient (Wildman–Crippen LogP) is 4.12. The molecule has 0 aliphatic rings. The Hall–Kier alpha value is -1.55. The van der Waals surface area contributed by atoms with Crippen LogP contribution in [0.2, 0.25) is 0 Å². The van der Waals surface area contributed by atoms with Crippen LogP contribution in [0.4, 0.5) is 0 Å². The van der Waals surface area contributed by atoms with Gasteiger partial charge in [-0.05, 0) is 50.1 Å². The van der Waals surface area contributed by atoms with E-state index in [2.05, 4.69) is 28.9 Å². The molecular weight excluding hydrogens is 306 g/mol. The molecular formula is C15H16BrNO2. The number of halogens is 1. The van der Waals surface area contributed by atoms with E-state index in [0.29, 0.717) is 5.56 Å². The molecule has 4 heteroatoms. The van der Waals surface area contributed by atoms with Gasteiger partial charge in [-0.3, -0.25) is 0 Å². The highest BCUT2D eigenvalue weighted by atomic mass is 79.9. The summed E-state index contributed by atoms with van der Waals surface area (Å²) in [5.41, 5.74) is 4.30. The van der Waals surface area contributed by atoms with Crippen LogP contribution in [0.3, 0.4) is 0 Å². The Labute approximate surface area is 121 Å². The molecule has 1 heterocycles. The fraction of sp³-hybridized carbons (Fsp3) is 0.267. The van der Waals surface area contributed by atoms with Crippen LogP contribution in [0.5, 0.6) is 0 Å². The van der Waals surface area contributed by atoms with Gasteiger partial charge in [-0.2, -0.15) is 0 Å². The molecule has 2 rings (SSSR count). The molecule has 100 valence electrons. The van der Waals surface area contributed by atoms with Crippen molar-refractivity contribution in [1.29, 1.82) is 0 Å². The van der Waals surface area contributed by atoms with Crippen molar-refractivity contribution in [2.24, 2.45) is 0 Å². The summed E-state index contributed by atoms with van der Waals surface area (Å²) in [6.45, 7) is 5.87. The second-order valence-electron chi connectivity index (χ2n) is 4.55. The molecule has 0 unspecified atom stereocenters. The molecule has 0 aliphatic heterocycles. The van der Waals surface area contributed by atoms with Crippen LogP contribution in [0.1, 0.15) is 34.2 Å². The molecule has 0 aliphatic carbocycles. The summed E-state index contributed by atoms with van der Waals surface area (Å²) in [4.78, 5) is 11.2. The minimum atomic E-state index is -0.880. The summed E-state index contributed by atoms with van der Waals surface area (Å²) in [6.07, 6.45) is 0.897. The van der Waals surface area contributed by atoms with E-state index in [1.54, 1.807) is 6.07 Å². The first-order valence-corrected chi connectivity index (χ1v) is 6.96. The molecule has 1 aromatic heterocycles. The van der Waals surface area contributed by atoms with E-state index in [9.17, 15) is 9.90 Å². The highest BCUT2D eigenvalue weighted by Gasteiger charge is 2.17. The van der Waals surface area contributed by atoms with Crippen LogP contribution in [0.15, 0.2) is 28.7 Å². The van der Waals surface area contributed by atoms with E-state index in [0.717, 1.165) is 28.0 Å². The third-order valence-electron chi connectivity index (χ3n) is 3.32. The van der Waals surface area contributed by atoms with Crippen LogP contribution < -0.4 is 0 Å². The summed E-state index contributed by atoms with van der Waals surface area (Å²) < 4.78 is 3.04. The van der Waals surface area contributed by atoms with E-state index in [-0.39, 0.29) is 0 Å². The average molecular weight is 322 g/mol. The smallest absolute Gasteiger partial charge is 0.337 e. The van der Waals surface area contributed by atoms with Gasteiger partial charge in [0.1, 0.15) is 0 Å². The van der Waals surface area contributed by atoms with Crippen molar-refractivity contribution < 1.29 is 9.90 Å². The molecule has 1 N–H and O–H groups in total. The second kappa shape index (κ2) is 5.21. The van der Waals surface area contributed by atoms with Gasteiger partial charge in [-0.25, -0.2) is 4.79 Å². The highest BCUT2D eigenvalue weighted by molar-refractivity contribution is 9.10. The van der Waals surface area contributed by atoms with Crippen LogP contribution >= 0.6 is 15.9 Å². The molecule has 0 spiro atoms. The summed E-state index contributed by atoms with van der Waals surface area (Å²) in [5.74, 6) is -0.880. The zero-order chi connectivity index (χ0) is 14.2. The van der Waals surface area contributed by atoms with E-state index in [1.165, 1.54) is 5.56 Å². The van der Waals surface area contributed by atoms with Gasteiger partial charge in [0.25, 0.3) is 0 Å². The average Bonchev–Trinajstić information content (AvgIpc) is 2.65. The Bertz CT molecular complexity index is 644. The van der Waals surface area contributed by atoms with Crippen molar-refractivity contribution in [2.75, 3.05) is 0 Å². The molecule has 0 amide bonds. The number of hydrogen-bond donors (Lipinski definition) is 1. The van der Waals surface area contributed by atoms with Gasteiger partial charge in [0.05, 0.1) is 5.56 Å². The summed E-state index contributed by atoms with van der Waals surface area (Å²) in [7, 11) is 0. The van der Waals surface area contributed by atoms with Crippen molar-refractivity contribution in [1.82, 2.24) is 4.57 Å². The standard InChI is InChI=1S/C15H16BrNO2/c1-4-11-8-12(16)5-6-14(11)17-9(2)7-13(10(17)3)15(18)19/h5-8H,4H2,1-3H3,(H,18,19). The summed E-state index contributed by atoms with van der Waals surface area (Å²) in [5, 5.41) is 9.20. The minimum absolute atomic E-state index is 0.363. The largest absolute Gasteiger partial charge is 0.478 e. The molecule has 1 aromatic carbocycles. The number of aryl methyl sites for hydroxylation is 2. The molecule has 2 aromatic rings. The second-order valence-corrected chi connectivity index (χ2v) is 5.47. The zero-order valence-electron chi connectivity index (χ0n) is 11.2. The number of aromatic carboxylic acids is 1. The zero-order valence-corrected chi connectivity index (χ0v) is 12.8. The predicted molar refractivity (Wildman–Crippen MR) is 79.3 cm³/mol. The number of benzene rings is 1. The fourth-order valence-corrected chi connectivity index (χ4v) is 2.81. The SMILES string of the molecule is CCc1cc(Br)ccc1-n1c(C)cc(C(=O)O)c1C. The first kappa shape index (κ1) is 13.9. The number of aromatic nitrogens is 1. The van der Waals surface area contributed by atoms with Gasteiger partial charge in [0, 0.05) is 21.5 Å². The third-order valence-corrected chi connectivity index (χ3v) is 3.82. The van der Waals surface area contributed by atoms with Crippen molar-refractivity contribution in [3.05, 3.63) is 51.3 Å². The number of carboxylic acids is 1. The number of nitrogens with zero attached hydrogens (tertiary/aromatic N) is 1. The van der Waals surface area contributed by atoms with Gasteiger partial charge in [-0.15, -0.1) is 0 Å². The Morgan fingerprint density at radius 3 is 2.53 bits per heavy atom. The highest BCUT2D eigenvalue weighted by Crippen LogP contribution is 2.26. The molecule has 0 saturated carbocycles. The number of hydrogen-bond acceptors (Lipinski definition) is 1. The lowest BCUT2D eigenvalue weighted by molar-refractivity contribution is 0.0696. The number of rotatable bonds is 3. The van der Waals surface area contributed by atoms with Crippen molar-refractivity contribution >= 4 is 21.9 Å². The van der Waals surface area contributed by atoms with Gasteiger partial charge in [-0.1, -0.05) is 22.9 Å². The van der Waals surface area contributed by atoms with Crippen molar-refractivity contribution in [3.63, 3.8) is 0 Å². The normalized spacial score (nSPS) is 10.7. The Morgan fingerprint density at radius 1 is 1.32 bits per heavy atom. The lowest BCUT2D eigenvalue weighted by Gasteiger charge is -2.14. The quantitative estimate of drug-likeness (QED) is 0.924. The minimum Gasteiger partial charge on any atom is -0.478 e. The maximum Gasteiger partial charge on any atom is 0.337 e. The summed E-state index contributed by atoms with van der Waals surface area (Å²) >= 11 is 3.47. The Kier molecular flexibility index (Phi) is 3.80. The molecule has 0 bridgehead atoms. The molecule has 0 atom stereocenters. The van der Waals surface area contributed by atoms with Crippen LogP contribution in [0, 0.1) is 13.8 Å². The van der Waals surface area contributed by atoms with Crippen LogP contribution in [-0.4, -0.2) is 15.6 Å². The fourth-order valence-electron chi connectivity index (χ4n) is 2.41. The van der Waals surface area contributed by atoms with E-state index >= 15 is 0 Å². The first-order valence-electron chi connectivity index (χ1n) is 6.16. The van der Waals surface area contributed by atoms with E-state index in [4.69, 9.17) is 0 Å². The van der Waals surface area contributed by atoms with Crippen molar-refractivity contribution in [2.45, 2.75) is 27.2 Å². The molecule has 0 fully saturated rings. The van der Waals surface area contributed by atoms with Gasteiger partial charge in [0.15, 0.2) is 0 Å². The third kappa shape index (κ3) is 2.45. The monoisotopic (exact) mass is 321 g/mol. The maximum atomic E-state index is 11.2. The summed E-state index contributed by atoms with van der Waals surface area (Å²) in [6, 6.07) is 7.80. The van der Waals surface area contributed by atoms with Crippen molar-refractivity contribution in [3.8, 4) is 5.69 Å². The molecule has 0 saturated heterocycles. The van der Waals surface area contributed by atoms with E-state index in [1.807, 2.05) is 30.5 Å². The topological polar surface area (TPSA) is 42.2 Å². The number of carbonyl (C=O) groups is 1. The molecule has 0 radical (unpaired) electrons. The first-order chi connectivity index (χ1) is 8.95. The lowest BCUT2D eigenvalue weighted by atomic mass is 10.1. The van der Waals surface area contributed by atoms with E-state index < -0.39 is 5.97 Å². The number of carboxylic acid groups (broad SMARTS) is 1. The maximum absolute atomic E-state index is 11.2. The van der Waals surface area contributed by atoms with Crippen LogP contribution in [-0.2, 0) is 6.42 Å². The Balaban J connectivity index is 2.69.